The molecule has 1 N–H and O–H groups in total. The number of carbonyl (C=O) groups is 2. The summed E-state index contributed by atoms with van der Waals surface area (Å²) in [6, 6.07) is -0.839. The first-order valence-electron chi connectivity index (χ1n) is 5.25. The average molecular weight is 220 g/mol. The summed E-state index contributed by atoms with van der Waals surface area (Å²) in [4.78, 5) is 22.2. The zero-order valence-corrected chi connectivity index (χ0v) is 11.7. The zero-order valence-electron chi connectivity index (χ0n) is 9.75. The van der Waals surface area contributed by atoms with Crippen molar-refractivity contribution in [2.45, 2.75) is 45.6 Å². The number of hydrogen-bond donors (Lipinski definition) is 1. The van der Waals surface area contributed by atoms with E-state index in [-0.39, 0.29) is 47.4 Å². The maximum atomic E-state index is 11.3. The second kappa shape index (κ2) is 7.25. The fourth-order valence-electron chi connectivity index (χ4n) is 1.79. The van der Waals surface area contributed by atoms with Gasteiger partial charge in [0.2, 0.25) is 0 Å². The molecule has 0 spiro atoms. The van der Waals surface area contributed by atoms with Crippen molar-refractivity contribution in [1.29, 1.82) is 0 Å². The van der Waals surface area contributed by atoms with Crippen molar-refractivity contribution in [2.75, 3.05) is 0 Å². The number of hydrogen-bond acceptors (Lipinski definition) is 2. The summed E-state index contributed by atoms with van der Waals surface area (Å²) in [6.07, 6.45) is 4.10. The van der Waals surface area contributed by atoms with Crippen molar-refractivity contribution in [3.8, 4) is 0 Å². The first-order chi connectivity index (χ1) is 6.69. The summed E-state index contributed by atoms with van der Waals surface area (Å²) in [5.74, 6) is -0.0457. The van der Waals surface area contributed by atoms with Crippen molar-refractivity contribution in [3.63, 3.8) is 0 Å². The quantitative estimate of drug-likeness (QED) is 0.487. The van der Waals surface area contributed by atoms with Gasteiger partial charge in [-0.15, -0.1) is 0 Å². The number of carbonyl (C=O) groups excluding carboxylic acids is 2. The fourth-order valence-corrected chi connectivity index (χ4v) is 1.79. The Bertz CT molecular complexity index is 233. The molecule has 2 atom stereocenters. The predicted octanol–water partition coefficient (Wildman–Crippen LogP) is -0.801. The van der Waals surface area contributed by atoms with Crippen LogP contribution in [0.15, 0.2) is 0 Å². The Hall–Kier alpha value is -0.0600. The molecular weight excluding hydrogens is 203 g/mol. The minimum atomic E-state index is -0.477. The van der Waals surface area contributed by atoms with Gasteiger partial charge in [-0.05, 0) is 12.3 Å². The number of rotatable bonds is 5. The van der Waals surface area contributed by atoms with Gasteiger partial charge in [-0.1, -0.05) is 33.1 Å². The molecule has 80 valence electrons. The van der Waals surface area contributed by atoms with E-state index < -0.39 is 6.03 Å². The second-order valence-corrected chi connectivity index (χ2v) is 3.69. The van der Waals surface area contributed by atoms with E-state index in [4.69, 9.17) is 0 Å². The SMILES string of the molecule is CCCCC(CC)C1NC(=O)[N-]C1=O.[Na+]. The monoisotopic (exact) mass is 220 g/mol. The van der Waals surface area contributed by atoms with Crippen molar-refractivity contribution in [3.05, 3.63) is 5.32 Å². The maximum Gasteiger partial charge on any atom is 1.00 e. The van der Waals surface area contributed by atoms with E-state index in [1.54, 1.807) is 0 Å². The summed E-state index contributed by atoms with van der Waals surface area (Å²) in [6.45, 7) is 4.16. The standard InChI is InChI=1S/C10H18N2O2.Na/c1-3-5-6-7(4-2)8-9(13)12-10(14)11-8;/h7-8H,3-6H2,1-2H3,(H2,11,12,13,14);/q;+1/p-1. The summed E-state index contributed by atoms with van der Waals surface area (Å²) >= 11 is 0. The molecule has 1 aliphatic heterocycles. The molecule has 4 nitrogen and oxygen atoms in total. The van der Waals surface area contributed by atoms with Crippen LogP contribution in [0, 0.1) is 5.92 Å². The maximum absolute atomic E-state index is 11.3. The van der Waals surface area contributed by atoms with Crippen LogP contribution < -0.4 is 34.9 Å². The Balaban J connectivity index is 0.00000196. The zero-order chi connectivity index (χ0) is 10.6. The summed E-state index contributed by atoms with van der Waals surface area (Å²) in [5.41, 5.74) is 0. The molecule has 0 radical (unpaired) electrons. The average Bonchev–Trinajstić information content (AvgIpc) is 2.47. The van der Waals surface area contributed by atoms with Crippen molar-refractivity contribution < 1.29 is 39.1 Å². The molecule has 1 rings (SSSR count). The minimum absolute atomic E-state index is 0. The van der Waals surface area contributed by atoms with Crippen LogP contribution in [0.25, 0.3) is 5.32 Å². The summed E-state index contributed by atoms with van der Waals surface area (Å²) in [5, 5.41) is 5.97. The Morgan fingerprint density at radius 3 is 2.47 bits per heavy atom. The first-order valence-corrected chi connectivity index (χ1v) is 5.25. The number of imide groups is 1. The van der Waals surface area contributed by atoms with Gasteiger partial charge in [-0.3, -0.25) is 9.59 Å². The molecule has 1 heterocycles. The van der Waals surface area contributed by atoms with E-state index >= 15 is 0 Å². The van der Waals surface area contributed by atoms with E-state index in [2.05, 4.69) is 17.6 Å². The smallest absolute Gasteiger partial charge is 0.439 e. The van der Waals surface area contributed by atoms with Crippen molar-refractivity contribution >= 4 is 11.9 Å². The van der Waals surface area contributed by atoms with Gasteiger partial charge in [0.1, 0.15) is 0 Å². The molecule has 5 heteroatoms. The third-order valence-electron chi connectivity index (χ3n) is 2.68. The van der Waals surface area contributed by atoms with Crippen LogP contribution in [-0.2, 0) is 4.79 Å². The molecule has 0 saturated carbocycles. The normalized spacial score (nSPS) is 21.6. The van der Waals surface area contributed by atoms with Gasteiger partial charge in [0.05, 0.1) is 0 Å². The van der Waals surface area contributed by atoms with Crippen LogP contribution >= 0.6 is 0 Å². The molecule has 0 aromatic carbocycles. The number of nitrogens with zero attached hydrogens (tertiary/aromatic N) is 1. The molecule has 3 amide bonds. The van der Waals surface area contributed by atoms with Gasteiger partial charge >= 0.3 is 29.6 Å². The van der Waals surface area contributed by atoms with Gasteiger partial charge < -0.3 is 10.6 Å². The van der Waals surface area contributed by atoms with Gasteiger partial charge in [0.25, 0.3) is 0 Å². The van der Waals surface area contributed by atoms with Gasteiger partial charge in [0, 0.05) is 6.04 Å². The van der Waals surface area contributed by atoms with E-state index in [0.717, 1.165) is 25.7 Å². The number of unbranched alkanes of at least 4 members (excludes halogenated alkanes) is 1. The van der Waals surface area contributed by atoms with Crippen LogP contribution in [-0.4, -0.2) is 18.0 Å². The predicted molar refractivity (Wildman–Crippen MR) is 54.0 cm³/mol. The molecule has 1 saturated heterocycles. The number of nitrogens with one attached hydrogen (secondary N) is 1. The molecule has 1 fully saturated rings. The van der Waals surface area contributed by atoms with Crippen LogP contribution in [0.2, 0.25) is 0 Å². The molecule has 2 unspecified atom stereocenters. The summed E-state index contributed by atoms with van der Waals surface area (Å²) in [7, 11) is 0. The Labute approximate surface area is 113 Å². The molecule has 1 aliphatic rings. The third-order valence-corrected chi connectivity index (χ3v) is 2.68. The van der Waals surface area contributed by atoms with Crippen LogP contribution in [0.4, 0.5) is 4.79 Å². The van der Waals surface area contributed by atoms with Crippen molar-refractivity contribution in [2.24, 2.45) is 5.92 Å². The Morgan fingerprint density at radius 1 is 1.40 bits per heavy atom. The van der Waals surface area contributed by atoms with Crippen molar-refractivity contribution in [1.82, 2.24) is 5.32 Å². The number of urea groups is 1. The molecule has 0 aromatic rings. The third kappa shape index (κ3) is 4.13. The van der Waals surface area contributed by atoms with Crippen LogP contribution in [0.3, 0.4) is 0 Å². The van der Waals surface area contributed by atoms with Crippen LogP contribution in [0.1, 0.15) is 39.5 Å². The minimum Gasteiger partial charge on any atom is -0.439 e. The van der Waals surface area contributed by atoms with Gasteiger partial charge in [0.15, 0.2) is 11.9 Å². The topological polar surface area (TPSA) is 60.3 Å². The van der Waals surface area contributed by atoms with E-state index in [1.165, 1.54) is 0 Å². The van der Waals surface area contributed by atoms with E-state index in [0.29, 0.717) is 0 Å². The Morgan fingerprint density at radius 2 is 2.07 bits per heavy atom. The molecular formula is C10H17N2NaO2. The van der Waals surface area contributed by atoms with Gasteiger partial charge in [-0.25, -0.2) is 0 Å². The molecule has 0 aromatic heterocycles. The summed E-state index contributed by atoms with van der Waals surface area (Å²) < 4.78 is 0. The molecule has 15 heavy (non-hydrogen) atoms. The van der Waals surface area contributed by atoms with Gasteiger partial charge in [-0.2, -0.15) is 0 Å². The largest absolute Gasteiger partial charge is 1.00 e. The van der Waals surface area contributed by atoms with E-state index in [9.17, 15) is 9.59 Å². The van der Waals surface area contributed by atoms with Crippen LogP contribution in [0.5, 0.6) is 0 Å². The second-order valence-electron chi connectivity index (χ2n) is 3.69. The fraction of sp³-hybridized carbons (Fsp3) is 0.800. The van der Waals surface area contributed by atoms with E-state index in [1.807, 2.05) is 6.92 Å². The number of amides is 3. The molecule has 0 bridgehead atoms. The Kier molecular flexibility index (Phi) is 7.22. The molecule has 0 aliphatic carbocycles. The first kappa shape index (κ1) is 14.9.